The van der Waals surface area contributed by atoms with E-state index in [1.165, 1.54) is 11.8 Å². The van der Waals surface area contributed by atoms with Crippen molar-refractivity contribution in [1.82, 2.24) is 4.98 Å². The van der Waals surface area contributed by atoms with Gasteiger partial charge in [-0.1, -0.05) is 23.9 Å². The van der Waals surface area contributed by atoms with Gasteiger partial charge in [-0.2, -0.15) is 0 Å². The molecule has 32 heavy (non-hydrogen) atoms. The fourth-order valence-electron chi connectivity index (χ4n) is 3.48. The number of para-hydroxylation sites is 1. The zero-order chi connectivity index (χ0) is 22.5. The first-order chi connectivity index (χ1) is 15.6. The molecule has 0 saturated carbocycles. The Balaban J connectivity index is 1.45. The number of methoxy groups -OCH3 is 2. The molecular formula is C24H23N3O4S. The summed E-state index contributed by atoms with van der Waals surface area (Å²) in [6, 6.07) is 16.5. The molecule has 0 bridgehead atoms. The molecule has 1 aliphatic rings. The molecule has 1 aliphatic heterocycles. The van der Waals surface area contributed by atoms with Crippen LogP contribution in [0.2, 0.25) is 0 Å². The minimum Gasteiger partial charge on any atom is -0.497 e. The number of fused-ring (bicyclic) bond motifs is 2. The van der Waals surface area contributed by atoms with Crippen molar-refractivity contribution in [1.29, 1.82) is 0 Å². The summed E-state index contributed by atoms with van der Waals surface area (Å²) in [5.74, 6) is 0.934. The molecule has 4 rings (SSSR count). The Morgan fingerprint density at radius 3 is 2.56 bits per heavy atom. The smallest absolute Gasteiger partial charge is 0.261 e. The highest BCUT2D eigenvalue weighted by atomic mass is 32.2. The first kappa shape index (κ1) is 21.7. The molecule has 2 heterocycles. The fourth-order valence-corrected chi connectivity index (χ4v) is 4.50. The molecule has 0 aliphatic carbocycles. The summed E-state index contributed by atoms with van der Waals surface area (Å²) in [5.41, 5.74) is 2.00. The topological polar surface area (TPSA) is 80.8 Å². The number of anilines is 2. The van der Waals surface area contributed by atoms with E-state index in [-0.39, 0.29) is 18.2 Å². The second-order valence-electron chi connectivity index (χ2n) is 7.14. The van der Waals surface area contributed by atoms with Crippen molar-refractivity contribution in [2.24, 2.45) is 0 Å². The van der Waals surface area contributed by atoms with Crippen molar-refractivity contribution in [2.45, 2.75) is 22.8 Å². The quantitative estimate of drug-likeness (QED) is 0.567. The largest absolute Gasteiger partial charge is 0.497 e. The lowest BCUT2D eigenvalue weighted by atomic mass is 10.2. The number of benzene rings is 2. The Morgan fingerprint density at radius 1 is 1.06 bits per heavy atom. The van der Waals surface area contributed by atoms with Gasteiger partial charge in [-0.05, 0) is 30.7 Å². The summed E-state index contributed by atoms with van der Waals surface area (Å²) >= 11 is 1.48. The van der Waals surface area contributed by atoms with Gasteiger partial charge < -0.3 is 19.7 Å². The van der Waals surface area contributed by atoms with E-state index in [1.807, 2.05) is 24.3 Å². The number of amides is 2. The highest BCUT2D eigenvalue weighted by molar-refractivity contribution is 7.99. The number of nitrogens with zero attached hydrogens (tertiary/aromatic N) is 2. The molecule has 2 aromatic carbocycles. The van der Waals surface area contributed by atoms with Crippen LogP contribution in [0.3, 0.4) is 0 Å². The van der Waals surface area contributed by atoms with Crippen LogP contribution in [-0.4, -0.2) is 37.6 Å². The summed E-state index contributed by atoms with van der Waals surface area (Å²) in [6.07, 6.45) is 2.46. The maximum absolute atomic E-state index is 13.3. The number of hydrogen-bond acceptors (Lipinski definition) is 6. The molecule has 2 amide bonds. The molecule has 8 heteroatoms. The highest BCUT2D eigenvalue weighted by Gasteiger charge is 2.27. The standard InChI is InChI=1S/C24H23N3O4S/c1-30-17-13-16(14-18(15-17)31-2)26-22(28)10-6-12-27-20-8-3-4-9-21(20)32-23-19(24(27)29)7-5-11-25-23/h3-5,7-9,11,13-15H,6,10,12H2,1-2H3,(H,26,28). The molecule has 1 N–H and O–H groups in total. The minimum atomic E-state index is -0.146. The van der Waals surface area contributed by atoms with Crippen molar-refractivity contribution in [3.05, 3.63) is 66.4 Å². The molecule has 7 nitrogen and oxygen atoms in total. The fraction of sp³-hybridized carbons (Fsp3) is 0.208. The van der Waals surface area contributed by atoms with E-state index in [1.54, 1.807) is 55.6 Å². The number of rotatable bonds is 7. The van der Waals surface area contributed by atoms with Gasteiger partial charge in [-0.25, -0.2) is 4.98 Å². The summed E-state index contributed by atoms with van der Waals surface area (Å²) in [5, 5.41) is 3.56. The molecule has 0 fully saturated rings. The SMILES string of the molecule is COc1cc(NC(=O)CCCN2C(=O)c3cccnc3Sc3ccccc32)cc(OC)c1. The third kappa shape index (κ3) is 4.70. The third-order valence-corrected chi connectivity index (χ3v) is 6.11. The Kier molecular flexibility index (Phi) is 6.61. The van der Waals surface area contributed by atoms with Gasteiger partial charge in [0, 0.05) is 47.9 Å². The molecule has 1 aromatic heterocycles. The average Bonchev–Trinajstić information content (AvgIpc) is 2.93. The third-order valence-electron chi connectivity index (χ3n) is 5.03. The van der Waals surface area contributed by atoms with Crippen molar-refractivity contribution in [3.8, 4) is 11.5 Å². The average molecular weight is 450 g/mol. The second kappa shape index (κ2) is 9.74. The maximum Gasteiger partial charge on any atom is 0.261 e. The Hall–Kier alpha value is -3.52. The van der Waals surface area contributed by atoms with Gasteiger partial charge in [0.1, 0.15) is 16.5 Å². The van der Waals surface area contributed by atoms with Crippen LogP contribution >= 0.6 is 11.8 Å². The van der Waals surface area contributed by atoms with Crippen LogP contribution in [0.25, 0.3) is 0 Å². The number of aromatic nitrogens is 1. The molecule has 0 atom stereocenters. The number of carbonyl (C=O) groups is 2. The van der Waals surface area contributed by atoms with Crippen molar-refractivity contribution in [2.75, 3.05) is 31.0 Å². The molecule has 3 aromatic rings. The molecule has 0 spiro atoms. The molecule has 164 valence electrons. The van der Waals surface area contributed by atoms with Gasteiger partial charge in [-0.15, -0.1) is 0 Å². The van der Waals surface area contributed by atoms with Crippen molar-refractivity contribution in [3.63, 3.8) is 0 Å². The van der Waals surface area contributed by atoms with Gasteiger partial charge in [-0.3, -0.25) is 9.59 Å². The van der Waals surface area contributed by atoms with Crippen LogP contribution in [0.4, 0.5) is 11.4 Å². The zero-order valence-electron chi connectivity index (χ0n) is 17.8. The lowest BCUT2D eigenvalue weighted by Gasteiger charge is -2.22. The normalized spacial score (nSPS) is 12.4. The summed E-state index contributed by atoms with van der Waals surface area (Å²) in [7, 11) is 3.12. The Morgan fingerprint density at radius 2 is 1.81 bits per heavy atom. The van der Waals surface area contributed by atoms with Crippen molar-refractivity contribution < 1.29 is 19.1 Å². The van der Waals surface area contributed by atoms with E-state index < -0.39 is 0 Å². The first-order valence-electron chi connectivity index (χ1n) is 10.2. The lowest BCUT2D eigenvalue weighted by Crippen LogP contribution is -2.32. The summed E-state index contributed by atoms with van der Waals surface area (Å²) in [6.45, 7) is 0.416. The van der Waals surface area contributed by atoms with Crippen LogP contribution in [0.1, 0.15) is 23.2 Å². The van der Waals surface area contributed by atoms with Gasteiger partial charge in [0.2, 0.25) is 5.91 Å². The van der Waals surface area contributed by atoms with Crippen LogP contribution in [-0.2, 0) is 4.79 Å². The number of nitrogens with one attached hydrogen (secondary N) is 1. The Labute approximate surface area is 190 Å². The van der Waals surface area contributed by atoms with Crippen LogP contribution in [0.15, 0.2) is 70.7 Å². The van der Waals surface area contributed by atoms with Crippen LogP contribution in [0, 0.1) is 0 Å². The minimum absolute atomic E-state index is 0.108. The molecule has 0 radical (unpaired) electrons. The number of ether oxygens (including phenoxy) is 2. The Bertz CT molecular complexity index is 1130. The number of pyridine rings is 1. The summed E-state index contributed by atoms with van der Waals surface area (Å²) < 4.78 is 10.5. The number of carbonyl (C=O) groups excluding carboxylic acids is 2. The molecule has 0 saturated heterocycles. The van der Waals surface area contributed by atoms with E-state index in [0.717, 1.165) is 10.6 Å². The van der Waals surface area contributed by atoms with E-state index in [0.29, 0.717) is 40.7 Å². The van der Waals surface area contributed by atoms with E-state index in [2.05, 4.69) is 10.3 Å². The van der Waals surface area contributed by atoms with Gasteiger partial charge in [0.15, 0.2) is 0 Å². The predicted octanol–water partition coefficient (Wildman–Crippen LogP) is 4.63. The van der Waals surface area contributed by atoms with Gasteiger partial charge >= 0.3 is 0 Å². The maximum atomic E-state index is 13.3. The molecule has 0 unspecified atom stereocenters. The lowest BCUT2D eigenvalue weighted by molar-refractivity contribution is -0.116. The molecular weight excluding hydrogens is 426 g/mol. The monoisotopic (exact) mass is 449 g/mol. The summed E-state index contributed by atoms with van der Waals surface area (Å²) in [4.78, 5) is 32.9. The van der Waals surface area contributed by atoms with E-state index in [4.69, 9.17) is 9.47 Å². The van der Waals surface area contributed by atoms with Crippen LogP contribution < -0.4 is 19.7 Å². The van der Waals surface area contributed by atoms with Crippen LogP contribution in [0.5, 0.6) is 11.5 Å². The zero-order valence-corrected chi connectivity index (χ0v) is 18.6. The van der Waals surface area contributed by atoms with Gasteiger partial charge in [0.05, 0.1) is 25.5 Å². The van der Waals surface area contributed by atoms with E-state index >= 15 is 0 Å². The second-order valence-corrected chi connectivity index (χ2v) is 8.17. The first-order valence-corrected chi connectivity index (χ1v) is 11.0. The highest BCUT2D eigenvalue weighted by Crippen LogP contribution is 2.40. The van der Waals surface area contributed by atoms with Gasteiger partial charge in [0.25, 0.3) is 5.91 Å². The van der Waals surface area contributed by atoms with E-state index in [9.17, 15) is 9.59 Å². The van der Waals surface area contributed by atoms with Crippen molar-refractivity contribution >= 4 is 35.0 Å². The predicted molar refractivity (Wildman–Crippen MR) is 124 cm³/mol. The number of hydrogen-bond donors (Lipinski definition) is 1.